The van der Waals surface area contributed by atoms with Crippen molar-refractivity contribution < 1.29 is 18.0 Å². The van der Waals surface area contributed by atoms with Gasteiger partial charge in [-0.15, -0.1) is 0 Å². The molecule has 1 amide bonds. The van der Waals surface area contributed by atoms with E-state index >= 15 is 0 Å². The maximum absolute atomic E-state index is 13.1. The topological polar surface area (TPSA) is 77.6 Å². The van der Waals surface area contributed by atoms with Crippen molar-refractivity contribution in [1.82, 2.24) is 29.6 Å². The predicted molar refractivity (Wildman–Crippen MR) is 124 cm³/mol. The van der Waals surface area contributed by atoms with Crippen LogP contribution in [0.3, 0.4) is 0 Å². The van der Waals surface area contributed by atoms with Gasteiger partial charge < -0.3 is 9.88 Å². The first-order valence-electron chi connectivity index (χ1n) is 10.8. The molecule has 0 aliphatic rings. The molecule has 2 aromatic heterocycles. The fraction of sp³-hybridized carbons (Fsp3) is 0.304. The van der Waals surface area contributed by atoms with Crippen LogP contribution in [0.25, 0.3) is 16.7 Å². The molecule has 1 N–H and O–H groups in total. The summed E-state index contributed by atoms with van der Waals surface area (Å²) >= 11 is 1.22. The maximum Gasteiger partial charge on any atom is 0.416 e. The third-order valence-electron chi connectivity index (χ3n) is 5.22. The molecule has 0 saturated carbocycles. The van der Waals surface area contributed by atoms with E-state index in [0.717, 1.165) is 36.2 Å². The van der Waals surface area contributed by atoms with Gasteiger partial charge in [-0.2, -0.15) is 18.3 Å². The van der Waals surface area contributed by atoms with Crippen LogP contribution in [0.4, 0.5) is 13.2 Å². The molecule has 2 heterocycles. The summed E-state index contributed by atoms with van der Waals surface area (Å²) in [6, 6.07) is 11.1. The minimum Gasteiger partial charge on any atom is -0.351 e. The van der Waals surface area contributed by atoms with Crippen molar-refractivity contribution in [2.75, 3.05) is 5.75 Å². The van der Waals surface area contributed by atoms with Crippen molar-refractivity contribution in [2.45, 2.75) is 44.2 Å². The zero-order valence-electron chi connectivity index (χ0n) is 18.4. The number of carbonyl (C=O) groups excluding carboxylic acids is 1. The van der Waals surface area contributed by atoms with Crippen molar-refractivity contribution in [3.8, 4) is 5.69 Å². The number of imidazole rings is 1. The van der Waals surface area contributed by atoms with Crippen LogP contribution in [0.2, 0.25) is 0 Å². The number of nitrogens with zero attached hydrogens (tertiary/aromatic N) is 5. The molecule has 4 aromatic rings. The highest BCUT2D eigenvalue weighted by molar-refractivity contribution is 7.99. The van der Waals surface area contributed by atoms with Gasteiger partial charge in [-0.25, -0.2) is 14.6 Å². The summed E-state index contributed by atoms with van der Waals surface area (Å²) in [6.45, 7) is 3.03. The zero-order valence-corrected chi connectivity index (χ0v) is 19.2. The number of nitrogens with one attached hydrogen (secondary N) is 1. The Bertz CT molecular complexity index is 1250. The average molecular weight is 489 g/mol. The number of unbranched alkanes of at least 4 members (excludes halogenated alkanes) is 1. The van der Waals surface area contributed by atoms with Gasteiger partial charge in [-0.1, -0.05) is 37.2 Å². The van der Waals surface area contributed by atoms with E-state index in [1.807, 2.05) is 35.8 Å². The smallest absolute Gasteiger partial charge is 0.351 e. The van der Waals surface area contributed by atoms with Crippen LogP contribution < -0.4 is 5.32 Å². The molecule has 34 heavy (non-hydrogen) atoms. The van der Waals surface area contributed by atoms with Gasteiger partial charge >= 0.3 is 6.18 Å². The molecule has 2 aromatic carbocycles. The lowest BCUT2D eigenvalue weighted by Gasteiger charge is -2.09. The number of alkyl halides is 3. The van der Waals surface area contributed by atoms with E-state index in [0.29, 0.717) is 23.8 Å². The van der Waals surface area contributed by atoms with Gasteiger partial charge in [0.2, 0.25) is 5.91 Å². The number of halogens is 3. The van der Waals surface area contributed by atoms with E-state index in [4.69, 9.17) is 0 Å². The Labute approximate surface area is 198 Å². The standard InChI is InChI=1S/C23H23F3N6OS/c1-2-3-10-31-20-9-6-17(23(24,25)26)11-19(20)30-22(31)34-13-21(33)28-12-16-4-7-18(8-5-16)32-15-27-14-29-32/h4-9,11,14-15H,2-3,10,12-13H2,1H3,(H,28,33). The van der Waals surface area contributed by atoms with E-state index in [9.17, 15) is 18.0 Å². The molecule has 0 aliphatic heterocycles. The van der Waals surface area contributed by atoms with Crippen LogP contribution in [0.1, 0.15) is 30.9 Å². The number of amides is 1. The van der Waals surface area contributed by atoms with Crippen LogP contribution in [0.5, 0.6) is 0 Å². The fourth-order valence-corrected chi connectivity index (χ4v) is 4.29. The number of hydrogen-bond donors (Lipinski definition) is 1. The van der Waals surface area contributed by atoms with Gasteiger partial charge in [0, 0.05) is 13.1 Å². The van der Waals surface area contributed by atoms with Gasteiger partial charge in [-0.05, 0) is 42.3 Å². The van der Waals surface area contributed by atoms with E-state index in [2.05, 4.69) is 20.4 Å². The number of benzene rings is 2. The Morgan fingerprint density at radius 2 is 1.94 bits per heavy atom. The highest BCUT2D eigenvalue weighted by atomic mass is 32.2. The van der Waals surface area contributed by atoms with Crippen LogP contribution >= 0.6 is 11.8 Å². The Morgan fingerprint density at radius 3 is 2.62 bits per heavy atom. The van der Waals surface area contributed by atoms with Crippen molar-refractivity contribution in [1.29, 1.82) is 0 Å². The molecule has 4 rings (SSSR count). The van der Waals surface area contributed by atoms with Gasteiger partial charge in [0.15, 0.2) is 5.16 Å². The summed E-state index contributed by atoms with van der Waals surface area (Å²) in [7, 11) is 0. The van der Waals surface area contributed by atoms with Crippen LogP contribution in [0, 0.1) is 0 Å². The predicted octanol–water partition coefficient (Wildman–Crippen LogP) is 4.84. The number of hydrogen-bond acceptors (Lipinski definition) is 5. The molecule has 11 heteroatoms. The molecule has 0 saturated heterocycles. The summed E-state index contributed by atoms with van der Waals surface area (Å²) in [4.78, 5) is 20.7. The number of fused-ring (bicyclic) bond motifs is 1. The van der Waals surface area contributed by atoms with Crippen LogP contribution in [-0.4, -0.2) is 36.0 Å². The fourth-order valence-electron chi connectivity index (χ4n) is 3.42. The van der Waals surface area contributed by atoms with Crippen LogP contribution in [0.15, 0.2) is 60.3 Å². The Balaban J connectivity index is 1.40. The third kappa shape index (κ3) is 5.58. The highest BCUT2D eigenvalue weighted by Crippen LogP contribution is 2.33. The van der Waals surface area contributed by atoms with Crippen LogP contribution in [-0.2, 0) is 24.1 Å². The largest absolute Gasteiger partial charge is 0.416 e. The van der Waals surface area contributed by atoms with Crippen molar-refractivity contribution in [3.63, 3.8) is 0 Å². The van der Waals surface area contributed by atoms with Crippen molar-refractivity contribution in [3.05, 3.63) is 66.2 Å². The second-order valence-corrected chi connectivity index (χ2v) is 8.62. The first-order chi connectivity index (χ1) is 16.3. The van der Waals surface area contributed by atoms with Crippen molar-refractivity contribution >= 4 is 28.7 Å². The first kappa shape index (κ1) is 23.8. The molecule has 0 aliphatic carbocycles. The summed E-state index contributed by atoms with van der Waals surface area (Å²) in [5, 5.41) is 7.48. The lowest BCUT2D eigenvalue weighted by molar-refractivity contribution is -0.137. The summed E-state index contributed by atoms with van der Waals surface area (Å²) in [6.07, 6.45) is 0.419. The minimum atomic E-state index is -4.43. The molecule has 0 bridgehead atoms. The molecule has 0 atom stereocenters. The average Bonchev–Trinajstić information content (AvgIpc) is 3.47. The quantitative estimate of drug-likeness (QED) is 0.341. The van der Waals surface area contributed by atoms with E-state index in [1.54, 1.807) is 11.0 Å². The Kier molecular flexibility index (Phi) is 7.20. The number of aromatic nitrogens is 5. The minimum absolute atomic E-state index is 0.110. The van der Waals surface area contributed by atoms with Gasteiger partial charge in [-0.3, -0.25) is 4.79 Å². The van der Waals surface area contributed by atoms with E-state index in [1.165, 1.54) is 24.2 Å². The number of aryl methyl sites for hydroxylation is 1. The van der Waals surface area contributed by atoms with E-state index in [-0.39, 0.29) is 17.2 Å². The number of rotatable bonds is 9. The summed E-state index contributed by atoms with van der Waals surface area (Å²) in [5.41, 5.74) is 1.97. The van der Waals surface area contributed by atoms with E-state index < -0.39 is 11.7 Å². The molecular formula is C23H23F3N6OS. The molecule has 7 nitrogen and oxygen atoms in total. The Morgan fingerprint density at radius 1 is 1.15 bits per heavy atom. The maximum atomic E-state index is 13.1. The molecule has 0 spiro atoms. The second kappa shape index (κ2) is 10.3. The third-order valence-corrected chi connectivity index (χ3v) is 6.19. The number of carbonyl (C=O) groups is 1. The van der Waals surface area contributed by atoms with Gasteiger partial charge in [0.05, 0.1) is 28.0 Å². The van der Waals surface area contributed by atoms with Crippen molar-refractivity contribution in [2.24, 2.45) is 0 Å². The Hall–Kier alpha value is -3.34. The highest BCUT2D eigenvalue weighted by Gasteiger charge is 2.31. The molecule has 0 unspecified atom stereocenters. The van der Waals surface area contributed by atoms with Gasteiger partial charge in [0.25, 0.3) is 0 Å². The molecular weight excluding hydrogens is 465 g/mol. The first-order valence-corrected chi connectivity index (χ1v) is 11.7. The monoisotopic (exact) mass is 488 g/mol. The summed E-state index contributed by atoms with van der Waals surface area (Å²) in [5.74, 6) is -0.0750. The molecule has 0 radical (unpaired) electrons. The molecule has 178 valence electrons. The zero-order chi connectivity index (χ0) is 24.1. The summed E-state index contributed by atoms with van der Waals surface area (Å²) < 4.78 is 42.8. The SMILES string of the molecule is CCCCn1c(SCC(=O)NCc2ccc(-n3cncn3)cc2)nc2cc(C(F)(F)F)ccc21. The lowest BCUT2D eigenvalue weighted by atomic mass is 10.2. The lowest BCUT2D eigenvalue weighted by Crippen LogP contribution is -2.24. The number of thioether (sulfide) groups is 1. The molecule has 0 fully saturated rings. The normalized spacial score (nSPS) is 11.8. The second-order valence-electron chi connectivity index (χ2n) is 7.67. The van der Waals surface area contributed by atoms with Gasteiger partial charge in [0.1, 0.15) is 12.7 Å².